The van der Waals surface area contributed by atoms with Gasteiger partial charge in [-0.3, -0.25) is 9.69 Å². The van der Waals surface area contributed by atoms with E-state index in [1.54, 1.807) is 37.3 Å². The quantitative estimate of drug-likeness (QED) is 0.242. The second-order valence-electron chi connectivity index (χ2n) is 10.7. The number of benzene rings is 2. The highest BCUT2D eigenvalue weighted by molar-refractivity contribution is 7.18. The largest absolute Gasteiger partial charge is 0.466 e. The van der Waals surface area contributed by atoms with Gasteiger partial charge in [0, 0.05) is 18.7 Å². The van der Waals surface area contributed by atoms with E-state index in [0.29, 0.717) is 38.1 Å². The zero-order valence-corrected chi connectivity index (χ0v) is 23.8. The molecule has 0 bridgehead atoms. The SMILES string of the molecule is CCOC(=O)[C@H]1CCCN(CC(O)c2ccc3c(c2)CCc2nc(-c4onc(-c5ccccc5)c4C(F)(F)F)sc2-3)C1. The van der Waals surface area contributed by atoms with Crippen LogP contribution in [0.2, 0.25) is 0 Å². The van der Waals surface area contributed by atoms with Crippen molar-refractivity contribution in [3.05, 3.63) is 70.9 Å². The molecule has 0 saturated carbocycles. The number of esters is 1. The third kappa shape index (κ3) is 5.60. The van der Waals surface area contributed by atoms with Gasteiger partial charge < -0.3 is 14.4 Å². The van der Waals surface area contributed by atoms with Crippen molar-refractivity contribution in [2.24, 2.45) is 5.92 Å². The predicted octanol–water partition coefficient (Wildman–Crippen LogP) is 6.56. The fourth-order valence-corrected chi connectivity index (χ4v) is 7.00. The topological polar surface area (TPSA) is 88.7 Å². The number of hydrogen-bond acceptors (Lipinski definition) is 8. The first-order valence-corrected chi connectivity index (χ1v) is 14.9. The molecule has 1 aliphatic carbocycles. The molecule has 2 aromatic heterocycles. The predicted molar refractivity (Wildman–Crippen MR) is 152 cm³/mol. The molecule has 220 valence electrons. The number of aryl methyl sites for hydroxylation is 2. The third-order valence-corrected chi connectivity index (χ3v) is 8.99. The van der Waals surface area contributed by atoms with Gasteiger partial charge in [-0.2, -0.15) is 13.2 Å². The molecule has 2 aliphatic rings. The zero-order chi connectivity index (χ0) is 29.4. The molecule has 1 aliphatic heterocycles. The minimum atomic E-state index is -4.68. The number of nitrogens with zero attached hydrogens (tertiary/aromatic N) is 3. The maximum atomic E-state index is 14.2. The van der Waals surface area contributed by atoms with Crippen molar-refractivity contribution < 1.29 is 32.3 Å². The van der Waals surface area contributed by atoms with E-state index in [4.69, 9.17) is 9.26 Å². The molecule has 11 heteroatoms. The first kappa shape index (κ1) is 28.6. The Hall–Kier alpha value is -3.54. The Morgan fingerprint density at radius 2 is 2.02 bits per heavy atom. The van der Waals surface area contributed by atoms with Crippen molar-refractivity contribution in [2.75, 3.05) is 26.2 Å². The molecule has 4 aromatic rings. The molecular weight excluding hydrogens is 567 g/mol. The Kier molecular flexibility index (Phi) is 7.91. The van der Waals surface area contributed by atoms with Gasteiger partial charge in [-0.15, -0.1) is 11.3 Å². The number of β-amino-alcohol motifs (C(OH)–C–C–N with tert-alkyl or cyclic N) is 1. The summed E-state index contributed by atoms with van der Waals surface area (Å²) in [5, 5.41) is 15.0. The summed E-state index contributed by atoms with van der Waals surface area (Å²) in [6.45, 7) is 3.91. The molecule has 0 radical (unpaired) electrons. The van der Waals surface area contributed by atoms with E-state index in [1.165, 1.54) is 0 Å². The number of fused-ring (bicyclic) bond motifs is 3. The number of aromatic nitrogens is 2. The van der Waals surface area contributed by atoms with Crippen LogP contribution in [0.3, 0.4) is 0 Å². The minimum absolute atomic E-state index is 0.139. The third-order valence-electron chi connectivity index (χ3n) is 7.86. The van der Waals surface area contributed by atoms with Gasteiger partial charge in [-0.05, 0) is 55.8 Å². The molecule has 1 N–H and O–H groups in total. The Labute approximate surface area is 244 Å². The lowest BCUT2D eigenvalue weighted by Gasteiger charge is -2.33. The van der Waals surface area contributed by atoms with Gasteiger partial charge in [0.1, 0.15) is 11.3 Å². The monoisotopic (exact) mass is 597 g/mol. The fourth-order valence-electron chi connectivity index (χ4n) is 5.85. The molecule has 7 nitrogen and oxygen atoms in total. The van der Waals surface area contributed by atoms with E-state index in [0.717, 1.165) is 58.0 Å². The van der Waals surface area contributed by atoms with Crippen molar-refractivity contribution in [3.63, 3.8) is 0 Å². The van der Waals surface area contributed by atoms with Crippen LogP contribution in [0.15, 0.2) is 53.1 Å². The number of aliphatic hydroxyl groups is 1. The fraction of sp³-hybridized carbons (Fsp3) is 0.387. The normalized spacial score (nSPS) is 17.9. The number of hydrogen-bond donors (Lipinski definition) is 1. The molecule has 6 rings (SSSR count). The van der Waals surface area contributed by atoms with Gasteiger partial charge >= 0.3 is 12.1 Å². The Morgan fingerprint density at radius 3 is 2.79 bits per heavy atom. The molecule has 1 unspecified atom stereocenters. The lowest BCUT2D eigenvalue weighted by atomic mass is 9.91. The van der Waals surface area contributed by atoms with Crippen LogP contribution in [0.5, 0.6) is 0 Å². The number of thiazole rings is 1. The van der Waals surface area contributed by atoms with Crippen molar-refractivity contribution in [1.29, 1.82) is 0 Å². The Morgan fingerprint density at radius 1 is 1.21 bits per heavy atom. The highest BCUT2D eigenvalue weighted by Crippen LogP contribution is 2.47. The molecule has 2 aromatic carbocycles. The number of carbonyl (C=O) groups is 1. The summed E-state index contributed by atoms with van der Waals surface area (Å²) < 4.78 is 53.2. The standard InChI is InChI=1S/C31H30F3N3O4S/c1-2-40-30(39)21-9-6-14-37(16-21)17-24(38)20-10-12-22-19(15-20)11-13-23-28(22)42-29(35-23)27-25(31(32,33)34)26(36-41-27)18-7-4-3-5-8-18/h3-5,7-8,10,12,15,21,24,38H,2,6,9,11,13-14,16-17H2,1H3/t21-,24?/m0/s1. The first-order chi connectivity index (χ1) is 20.2. The molecule has 0 spiro atoms. The second kappa shape index (κ2) is 11.6. The number of likely N-dealkylation sites (tertiary alicyclic amines) is 1. The maximum absolute atomic E-state index is 14.2. The van der Waals surface area contributed by atoms with Gasteiger partial charge in [0.2, 0.25) is 5.76 Å². The molecule has 2 atom stereocenters. The van der Waals surface area contributed by atoms with Crippen LogP contribution in [0.1, 0.15) is 48.3 Å². The van der Waals surface area contributed by atoms with Crippen molar-refractivity contribution in [2.45, 2.75) is 44.9 Å². The van der Waals surface area contributed by atoms with Gasteiger partial charge in [0.15, 0.2) is 5.01 Å². The van der Waals surface area contributed by atoms with Crippen LogP contribution in [0.4, 0.5) is 13.2 Å². The summed E-state index contributed by atoms with van der Waals surface area (Å²) in [7, 11) is 0. The highest BCUT2D eigenvalue weighted by Gasteiger charge is 2.42. The van der Waals surface area contributed by atoms with Crippen molar-refractivity contribution in [1.82, 2.24) is 15.0 Å². The first-order valence-electron chi connectivity index (χ1n) is 14.1. The average molecular weight is 598 g/mol. The van der Waals surface area contributed by atoms with Crippen LogP contribution in [-0.2, 0) is 28.5 Å². The zero-order valence-electron chi connectivity index (χ0n) is 23.0. The summed E-state index contributed by atoms with van der Waals surface area (Å²) in [5.74, 6) is -0.745. The minimum Gasteiger partial charge on any atom is -0.466 e. The summed E-state index contributed by atoms with van der Waals surface area (Å²) in [5.41, 5.74) is 2.53. The van der Waals surface area contributed by atoms with E-state index in [-0.39, 0.29) is 28.3 Å². The number of piperidine rings is 1. The number of ether oxygens (including phenoxy) is 1. The van der Waals surface area contributed by atoms with E-state index >= 15 is 0 Å². The van der Waals surface area contributed by atoms with E-state index in [9.17, 15) is 23.1 Å². The number of alkyl halides is 3. The average Bonchev–Trinajstić information content (AvgIpc) is 3.63. The van der Waals surface area contributed by atoms with E-state index < -0.39 is 17.8 Å². The maximum Gasteiger partial charge on any atom is 0.422 e. The number of carbonyl (C=O) groups excluding carboxylic acids is 1. The molecule has 1 fully saturated rings. The molecular formula is C31H30F3N3O4S. The number of rotatable bonds is 7. The van der Waals surface area contributed by atoms with Gasteiger partial charge in [0.25, 0.3) is 0 Å². The van der Waals surface area contributed by atoms with Crippen LogP contribution < -0.4 is 0 Å². The van der Waals surface area contributed by atoms with Gasteiger partial charge in [0.05, 0.1) is 29.2 Å². The Balaban J connectivity index is 1.24. The van der Waals surface area contributed by atoms with Crippen molar-refractivity contribution in [3.8, 4) is 32.5 Å². The summed E-state index contributed by atoms with van der Waals surface area (Å²) >= 11 is 1.16. The van der Waals surface area contributed by atoms with Crippen LogP contribution in [0.25, 0.3) is 32.5 Å². The molecule has 0 amide bonds. The van der Waals surface area contributed by atoms with E-state index in [1.807, 2.05) is 18.2 Å². The van der Waals surface area contributed by atoms with Crippen LogP contribution in [0, 0.1) is 5.92 Å². The summed E-state index contributed by atoms with van der Waals surface area (Å²) in [6, 6.07) is 13.9. The molecule has 1 saturated heterocycles. The molecule has 42 heavy (non-hydrogen) atoms. The summed E-state index contributed by atoms with van der Waals surface area (Å²) in [6.07, 6.45) is -2.55. The summed E-state index contributed by atoms with van der Waals surface area (Å²) in [4.78, 5) is 19.7. The van der Waals surface area contributed by atoms with Gasteiger partial charge in [-0.25, -0.2) is 4.98 Å². The number of halogens is 3. The van der Waals surface area contributed by atoms with E-state index in [2.05, 4.69) is 15.0 Å². The number of aliphatic hydroxyl groups excluding tert-OH is 1. The smallest absolute Gasteiger partial charge is 0.422 e. The lowest BCUT2D eigenvalue weighted by Crippen LogP contribution is -2.41. The van der Waals surface area contributed by atoms with Crippen LogP contribution >= 0.6 is 11.3 Å². The Bertz CT molecular complexity index is 1580. The second-order valence-corrected chi connectivity index (χ2v) is 11.7. The molecule has 3 heterocycles. The lowest BCUT2D eigenvalue weighted by molar-refractivity contribution is -0.150. The van der Waals surface area contributed by atoms with Crippen molar-refractivity contribution >= 4 is 17.3 Å². The van der Waals surface area contributed by atoms with Crippen LogP contribution in [-0.4, -0.2) is 52.4 Å². The van der Waals surface area contributed by atoms with Gasteiger partial charge in [-0.1, -0.05) is 53.7 Å². The highest BCUT2D eigenvalue weighted by atomic mass is 32.1.